The van der Waals surface area contributed by atoms with Gasteiger partial charge < -0.3 is 15.2 Å². The van der Waals surface area contributed by atoms with Gasteiger partial charge in [0.25, 0.3) is 5.56 Å². The van der Waals surface area contributed by atoms with Gasteiger partial charge in [0, 0.05) is 18.0 Å². The topological polar surface area (TPSA) is 127 Å². The Hall–Kier alpha value is -4.33. The Morgan fingerprint density at radius 1 is 1.13 bits per heavy atom. The van der Waals surface area contributed by atoms with Crippen molar-refractivity contribution in [2.45, 2.75) is 38.7 Å². The lowest BCUT2D eigenvalue weighted by molar-refractivity contribution is -0.215. The van der Waals surface area contributed by atoms with E-state index in [4.69, 9.17) is 4.74 Å². The van der Waals surface area contributed by atoms with Crippen molar-refractivity contribution in [3.63, 3.8) is 0 Å². The lowest BCUT2D eigenvalue weighted by Crippen LogP contribution is -2.53. The summed E-state index contributed by atoms with van der Waals surface area (Å²) in [6, 6.07) is 5.85. The molecule has 0 radical (unpaired) electrons. The van der Waals surface area contributed by atoms with Crippen LogP contribution in [0.1, 0.15) is 13.8 Å². The van der Waals surface area contributed by atoms with E-state index in [1.54, 1.807) is 0 Å². The minimum absolute atomic E-state index is 0.129. The highest BCUT2D eigenvalue weighted by molar-refractivity contribution is 5.95. The standard InChI is InChI=1S/C25H25F4N5O5/c1-14(2)20(21(36)25(27,28)29)32-19(35)13-33-22(15-4-6-16(26)7-5-15)31-12-18(23(33)37)34(24(38)39-3)17-8-10-30-11-9-17/h4-12,14,20-21,36H,13H2,1-3H3,(H,32,35). The predicted octanol–water partition coefficient (Wildman–Crippen LogP) is 3.41. The van der Waals surface area contributed by atoms with Gasteiger partial charge >= 0.3 is 12.3 Å². The van der Waals surface area contributed by atoms with E-state index in [-0.39, 0.29) is 22.8 Å². The van der Waals surface area contributed by atoms with Crippen LogP contribution in [0.5, 0.6) is 0 Å². The number of carbonyl (C=O) groups excluding carboxylic acids is 2. The van der Waals surface area contributed by atoms with Gasteiger partial charge in [0.2, 0.25) is 5.91 Å². The number of nitrogens with zero attached hydrogens (tertiary/aromatic N) is 4. The van der Waals surface area contributed by atoms with Crippen molar-refractivity contribution in [3.8, 4) is 11.4 Å². The van der Waals surface area contributed by atoms with Gasteiger partial charge in [0.15, 0.2) is 6.10 Å². The maximum atomic E-state index is 13.7. The molecule has 0 spiro atoms. The fraction of sp³-hybridized carbons (Fsp3) is 0.320. The molecule has 0 aliphatic heterocycles. The van der Waals surface area contributed by atoms with Crippen molar-refractivity contribution in [1.82, 2.24) is 19.9 Å². The number of amides is 2. The molecule has 0 aliphatic carbocycles. The van der Waals surface area contributed by atoms with Crippen LogP contribution >= 0.6 is 0 Å². The number of nitrogens with one attached hydrogen (secondary N) is 1. The molecule has 0 saturated carbocycles. The number of aromatic nitrogens is 3. The zero-order valence-corrected chi connectivity index (χ0v) is 21.0. The molecule has 14 heteroatoms. The van der Waals surface area contributed by atoms with E-state index < -0.39 is 54.2 Å². The number of ether oxygens (including phenoxy) is 1. The second-order valence-electron chi connectivity index (χ2n) is 8.70. The van der Waals surface area contributed by atoms with Crippen LogP contribution < -0.4 is 15.8 Å². The molecule has 2 atom stereocenters. The van der Waals surface area contributed by atoms with E-state index in [9.17, 15) is 37.1 Å². The molecule has 2 amide bonds. The Kier molecular flexibility index (Phi) is 9.01. The van der Waals surface area contributed by atoms with Crippen molar-refractivity contribution in [3.05, 3.63) is 71.2 Å². The normalized spacial score (nSPS) is 13.1. The van der Waals surface area contributed by atoms with E-state index in [1.807, 2.05) is 0 Å². The highest BCUT2D eigenvalue weighted by Crippen LogP contribution is 2.27. The van der Waals surface area contributed by atoms with Crippen LogP contribution in [0.25, 0.3) is 11.4 Å². The first kappa shape index (κ1) is 29.2. The Balaban J connectivity index is 2.12. The molecule has 208 valence electrons. The van der Waals surface area contributed by atoms with Gasteiger partial charge in [-0.3, -0.25) is 19.1 Å². The van der Waals surface area contributed by atoms with Crippen molar-refractivity contribution >= 4 is 23.4 Å². The zero-order chi connectivity index (χ0) is 28.9. The molecule has 0 saturated heterocycles. The Morgan fingerprint density at radius 2 is 1.74 bits per heavy atom. The molecule has 1 aromatic carbocycles. The Bertz CT molecular complexity index is 1360. The van der Waals surface area contributed by atoms with Gasteiger partial charge in [-0.1, -0.05) is 13.8 Å². The van der Waals surface area contributed by atoms with E-state index in [0.717, 1.165) is 34.9 Å². The first-order valence-corrected chi connectivity index (χ1v) is 11.5. The van der Waals surface area contributed by atoms with Crippen LogP contribution in [-0.2, 0) is 16.1 Å². The molecule has 3 aromatic rings. The molecular weight excluding hydrogens is 526 g/mol. The number of aliphatic hydroxyl groups is 1. The first-order valence-electron chi connectivity index (χ1n) is 11.5. The fourth-order valence-corrected chi connectivity index (χ4v) is 3.73. The van der Waals surface area contributed by atoms with E-state index >= 15 is 0 Å². The fourth-order valence-electron chi connectivity index (χ4n) is 3.73. The highest BCUT2D eigenvalue weighted by atomic mass is 19.4. The molecule has 3 rings (SSSR count). The third-order valence-corrected chi connectivity index (χ3v) is 5.67. The summed E-state index contributed by atoms with van der Waals surface area (Å²) in [5.41, 5.74) is -0.895. The number of carbonyl (C=O) groups is 2. The van der Waals surface area contributed by atoms with Gasteiger partial charge in [-0.05, 0) is 42.3 Å². The third-order valence-electron chi connectivity index (χ3n) is 5.67. The zero-order valence-electron chi connectivity index (χ0n) is 21.0. The molecule has 2 aromatic heterocycles. The van der Waals surface area contributed by atoms with Gasteiger partial charge in [-0.2, -0.15) is 13.2 Å². The number of rotatable bonds is 8. The third kappa shape index (κ3) is 6.76. The predicted molar refractivity (Wildman–Crippen MR) is 132 cm³/mol. The summed E-state index contributed by atoms with van der Waals surface area (Å²) in [4.78, 5) is 48.2. The van der Waals surface area contributed by atoms with E-state index in [1.165, 1.54) is 50.5 Å². The second-order valence-corrected chi connectivity index (χ2v) is 8.70. The van der Waals surface area contributed by atoms with Crippen molar-refractivity contribution in [1.29, 1.82) is 0 Å². The molecule has 39 heavy (non-hydrogen) atoms. The molecule has 0 bridgehead atoms. The molecule has 10 nitrogen and oxygen atoms in total. The molecule has 0 fully saturated rings. The van der Waals surface area contributed by atoms with Crippen molar-refractivity contribution < 1.29 is 37.0 Å². The molecule has 0 aliphatic rings. The van der Waals surface area contributed by atoms with Gasteiger partial charge in [-0.15, -0.1) is 0 Å². The van der Waals surface area contributed by atoms with Crippen LogP contribution in [0.2, 0.25) is 0 Å². The monoisotopic (exact) mass is 551 g/mol. The number of hydrogen-bond acceptors (Lipinski definition) is 7. The second kappa shape index (κ2) is 12.0. The lowest BCUT2D eigenvalue weighted by atomic mass is 9.98. The quantitative estimate of drug-likeness (QED) is 0.411. The minimum Gasteiger partial charge on any atom is -0.452 e. The summed E-state index contributed by atoms with van der Waals surface area (Å²) in [5.74, 6) is -2.59. The number of methoxy groups -OCH3 is 1. The SMILES string of the molecule is COC(=O)N(c1ccncc1)c1cnc(-c2ccc(F)cc2)n(CC(=O)NC(C(C)C)C(O)C(F)(F)F)c1=O. The van der Waals surface area contributed by atoms with Crippen LogP contribution in [0.3, 0.4) is 0 Å². The van der Waals surface area contributed by atoms with Crippen LogP contribution in [0, 0.1) is 11.7 Å². The number of pyridine rings is 1. The first-order chi connectivity index (χ1) is 18.3. The highest BCUT2D eigenvalue weighted by Gasteiger charge is 2.45. The summed E-state index contributed by atoms with van der Waals surface area (Å²) < 4.78 is 58.7. The number of hydrogen-bond donors (Lipinski definition) is 2. The molecule has 2 unspecified atom stereocenters. The van der Waals surface area contributed by atoms with E-state index in [0.29, 0.717) is 0 Å². The number of benzene rings is 1. The van der Waals surface area contributed by atoms with Gasteiger partial charge in [0.05, 0.1) is 25.0 Å². The van der Waals surface area contributed by atoms with Crippen molar-refractivity contribution in [2.75, 3.05) is 12.0 Å². The maximum absolute atomic E-state index is 13.7. The summed E-state index contributed by atoms with van der Waals surface area (Å²) in [5, 5.41) is 11.9. The van der Waals surface area contributed by atoms with Crippen LogP contribution in [0.4, 0.5) is 33.7 Å². The molecule has 2 N–H and O–H groups in total. The minimum atomic E-state index is -5.01. The molecular formula is C25H25F4N5O5. The summed E-state index contributed by atoms with van der Waals surface area (Å²) in [6.45, 7) is 1.91. The van der Waals surface area contributed by atoms with Gasteiger partial charge in [0.1, 0.15) is 23.9 Å². The maximum Gasteiger partial charge on any atom is 0.418 e. The molecule has 2 heterocycles. The largest absolute Gasteiger partial charge is 0.452 e. The summed E-state index contributed by atoms with van der Waals surface area (Å²) in [6.07, 6.45) is -5.08. The number of anilines is 2. The number of aliphatic hydroxyl groups excluding tert-OH is 1. The number of alkyl halides is 3. The smallest absolute Gasteiger partial charge is 0.418 e. The lowest BCUT2D eigenvalue weighted by Gasteiger charge is -2.29. The van der Waals surface area contributed by atoms with Crippen molar-refractivity contribution in [2.24, 2.45) is 5.92 Å². The Morgan fingerprint density at radius 3 is 2.28 bits per heavy atom. The average Bonchev–Trinajstić information content (AvgIpc) is 2.89. The number of halogens is 4. The summed E-state index contributed by atoms with van der Waals surface area (Å²) >= 11 is 0. The van der Waals surface area contributed by atoms with Crippen LogP contribution in [0.15, 0.2) is 59.8 Å². The average molecular weight is 551 g/mol. The van der Waals surface area contributed by atoms with Gasteiger partial charge in [-0.25, -0.2) is 19.1 Å². The summed E-state index contributed by atoms with van der Waals surface area (Å²) in [7, 11) is 1.08. The van der Waals surface area contributed by atoms with Crippen LogP contribution in [-0.4, -0.2) is 57.1 Å². The Labute approximate surface area is 219 Å². The van der Waals surface area contributed by atoms with E-state index in [2.05, 4.69) is 15.3 Å².